The molecular formula is C24H30N2O2S. The molecule has 1 atom stereocenters. The molecule has 4 nitrogen and oxygen atoms in total. The molecule has 5 heteroatoms. The smallest absolute Gasteiger partial charge is 0.243 e. The fourth-order valence-electron chi connectivity index (χ4n) is 4.32. The molecule has 1 aliphatic carbocycles. The monoisotopic (exact) mass is 410 g/mol. The number of carbonyl (C=O) groups excluding carboxylic acids is 2. The summed E-state index contributed by atoms with van der Waals surface area (Å²) in [4.78, 5) is 31.5. The summed E-state index contributed by atoms with van der Waals surface area (Å²) in [6.07, 6.45) is 3.45. The molecule has 154 valence electrons. The second-order valence-corrected chi connectivity index (χ2v) is 9.75. The van der Waals surface area contributed by atoms with E-state index in [9.17, 15) is 9.59 Å². The third kappa shape index (κ3) is 4.25. The third-order valence-electron chi connectivity index (χ3n) is 5.97. The molecule has 2 aliphatic rings. The van der Waals surface area contributed by atoms with E-state index in [1.807, 2.05) is 21.9 Å². The van der Waals surface area contributed by atoms with Gasteiger partial charge in [-0.15, -0.1) is 11.3 Å². The van der Waals surface area contributed by atoms with Crippen LogP contribution < -0.4 is 0 Å². The van der Waals surface area contributed by atoms with Gasteiger partial charge in [0.05, 0.1) is 6.04 Å². The number of rotatable bonds is 6. The zero-order valence-corrected chi connectivity index (χ0v) is 18.4. The lowest BCUT2D eigenvalue weighted by atomic mass is 9.90. The Kier molecular flexibility index (Phi) is 5.77. The molecule has 1 saturated carbocycles. The molecule has 1 fully saturated rings. The zero-order valence-electron chi connectivity index (χ0n) is 17.6. The van der Waals surface area contributed by atoms with Crippen LogP contribution in [0.15, 0.2) is 35.7 Å². The predicted octanol–water partition coefficient (Wildman–Crippen LogP) is 4.57. The van der Waals surface area contributed by atoms with Gasteiger partial charge in [0.1, 0.15) is 6.54 Å². The topological polar surface area (TPSA) is 40.6 Å². The van der Waals surface area contributed by atoms with Crippen LogP contribution in [0.5, 0.6) is 0 Å². The largest absolute Gasteiger partial charge is 0.330 e. The molecule has 2 amide bonds. The highest BCUT2D eigenvalue weighted by atomic mass is 32.1. The molecule has 2 aromatic rings. The van der Waals surface area contributed by atoms with Gasteiger partial charge in [-0.1, -0.05) is 38.1 Å². The number of amides is 2. The lowest BCUT2D eigenvalue weighted by Gasteiger charge is -2.38. The number of thiophene rings is 1. The number of benzene rings is 1. The Morgan fingerprint density at radius 3 is 2.62 bits per heavy atom. The number of aryl methyl sites for hydroxylation is 1. The van der Waals surface area contributed by atoms with E-state index >= 15 is 0 Å². The molecule has 1 aromatic carbocycles. The van der Waals surface area contributed by atoms with Crippen LogP contribution in [0.3, 0.4) is 0 Å². The van der Waals surface area contributed by atoms with Crippen LogP contribution in [-0.2, 0) is 16.0 Å². The molecule has 2 heterocycles. The van der Waals surface area contributed by atoms with E-state index in [4.69, 9.17) is 0 Å². The van der Waals surface area contributed by atoms with Gasteiger partial charge in [0.15, 0.2) is 0 Å². The van der Waals surface area contributed by atoms with Crippen molar-refractivity contribution in [2.24, 2.45) is 5.92 Å². The highest BCUT2D eigenvalue weighted by Crippen LogP contribution is 2.39. The second-order valence-electron chi connectivity index (χ2n) is 8.75. The average Bonchev–Trinajstić information content (AvgIpc) is 3.41. The first kappa shape index (κ1) is 20.1. The Morgan fingerprint density at radius 1 is 1.17 bits per heavy atom. The number of carbonyl (C=O) groups is 2. The zero-order chi connectivity index (χ0) is 20.5. The highest BCUT2D eigenvalue weighted by molar-refractivity contribution is 7.10. The fraction of sp³-hybridized carbons (Fsp3) is 0.500. The number of hydrogen-bond donors (Lipinski definition) is 0. The maximum Gasteiger partial charge on any atom is 0.243 e. The van der Waals surface area contributed by atoms with Gasteiger partial charge in [0.25, 0.3) is 0 Å². The van der Waals surface area contributed by atoms with E-state index in [2.05, 4.69) is 44.4 Å². The van der Waals surface area contributed by atoms with Crippen molar-refractivity contribution in [3.8, 4) is 0 Å². The first-order chi connectivity index (χ1) is 14.0. The summed E-state index contributed by atoms with van der Waals surface area (Å²) in [7, 11) is 0. The van der Waals surface area contributed by atoms with E-state index in [-0.39, 0.29) is 30.4 Å². The third-order valence-corrected chi connectivity index (χ3v) is 6.96. The van der Waals surface area contributed by atoms with Crippen LogP contribution in [0.1, 0.15) is 60.7 Å². The van der Waals surface area contributed by atoms with Crippen molar-refractivity contribution >= 4 is 23.2 Å². The Balaban J connectivity index is 1.61. The number of nitrogens with zero attached hydrogens (tertiary/aromatic N) is 2. The molecule has 1 aromatic heterocycles. The Morgan fingerprint density at radius 2 is 1.93 bits per heavy atom. The van der Waals surface area contributed by atoms with Gasteiger partial charge in [-0.25, -0.2) is 0 Å². The van der Waals surface area contributed by atoms with Gasteiger partial charge < -0.3 is 9.80 Å². The summed E-state index contributed by atoms with van der Waals surface area (Å²) >= 11 is 1.78. The van der Waals surface area contributed by atoms with Crippen molar-refractivity contribution in [1.29, 1.82) is 0 Å². The van der Waals surface area contributed by atoms with Crippen molar-refractivity contribution in [1.82, 2.24) is 9.80 Å². The van der Waals surface area contributed by atoms with E-state index in [1.54, 1.807) is 11.3 Å². The first-order valence-corrected chi connectivity index (χ1v) is 11.5. The molecule has 0 saturated heterocycles. The second kappa shape index (κ2) is 8.31. The summed E-state index contributed by atoms with van der Waals surface area (Å²) in [5.41, 5.74) is 3.63. The molecule has 0 radical (unpaired) electrons. The molecule has 29 heavy (non-hydrogen) atoms. The Bertz CT molecular complexity index is 900. The quantitative estimate of drug-likeness (QED) is 0.700. The van der Waals surface area contributed by atoms with Crippen molar-refractivity contribution < 1.29 is 9.59 Å². The highest BCUT2D eigenvalue weighted by Gasteiger charge is 2.38. The minimum absolute atomic E-state index is 0.0556. The van der Waals surface area contributed by atoms with Crippen molar-refractivity contribution in [2.75, 3.05) is 13.1 Å². The van der Waals surface area contributed by atoms with E-state index in [0.29, 0.717) is 18.9 Å². The molecule has 0 spiro atoms. The number of fused-ring (bicyclic) bond motifs is 1. The average molecular weight is 411 g/mol. The van der Waals surface area contributed by atoms with Crippen molar-refractivity contribution in [3.63, 3.8) is 0 Å². The molecule has 0 bridgehead atoms. The Labute approximate surface area is 177 Å². The van der Waals surface area contributed by atoms with Gasteiger partial charge in [0, 0.05) is 23.9 Å². The van der Waals surface area contributed by atoms with Crippen LogP contribution in [0.4, 0.5) is 0 Å². The number of hydrogen-bond acceptors (Lipinski definition) is 3. The summed E-state index contributed by atoms with van der Waals surface area (Å²) in [5, 5.41) is 2.13. The van der Waals surface area contributed by atoms with Gasteiger partial charge in [0.2, 0.25) is 11.8 Å². The van der Waals surface area contributed by atoms with Gasteiger partial charge >= 0.3 is 0 Å². The molecule has 4 rings (SSSR count). The fourth-order valence-corrected chi connectivity index (χ4v) is 5.23. The van der Waals surface area contributed by atoms with Gasteiger partial charge in [-0.3, -0.25) is 9.59 Å². The summed E-state index contributed by atoms with van der Waals surface area (Å²) < 4.78 is 0. The van der Waals surface area contributed by atoms with Crippen LogP contribution in [0, 0.1) is 12.8 Å². The summed E-state index contributed by atoms with van der Waals surface area (Å²) in [5.74, 6) is 0.498. The van der Waals surface area contributed by atoms with Crippen LogP contribution >= 0.6 is 11.3 Å². The molecule has 1 aliphatic heterocycles. The molecule has 0 N–H and O–H groups in total. The minimum atomic E-state index is -0.0556. The van der Waals surface area contributed by atoms with Crippen LogP contribution in [-0.4, -0.2) is 40.7 Å². The normalized spacial score (nSPS) is 18.6. The lowest BCUT2D eigenvalue weighted by molar-refractivity contribution is -0.142. The predicted molar refractivity (Wildman–Crippen MR) is 117 cm³/mol. The summed E-state index contributed by atoms with van der Waals surface area (Å²) in [6, 6.07) is 10.7. The maximum atomic E-state index is 13.5. The van der Waals surface area contributed by atoms with Crippen LogP contribution in [0.25, 0.3) is 0 Å². The standard InChI is InChI=1S/C24H30N2O2S/c1-16(2)14-22(27)26(18-8-9-18)15-23(28)25-12-10-21-20(11-13-29-21)24(25)19-7-5-4-6-17(19)3/h4-7,11,13,16,18,24H,8-10,12,14-15H2,1-3H3. The van der Waals surface area contributed by atoms with Gasteiger partial charge in [-0.2, -0.15) is 0 Å². The maximum absolute atomic E-state index is 13.5. The first-order valence-electron chi connectivity index (χ1n) is 10.7. The minimum Gasteiger partial charge on any atom is -0.330 e. The van der Waals surface area contributed by atoms with E-state index in [0.717, 1.165) is 19.3 Å². The van der Waals surface area contributed by atoms with E-state index in [1.165, 1.54) is 21.6 Å². The molecular weight excluding hydrogens is 380 g/mol. The van der Waals surface area contributed by atoms with Gasteiger partial charge in [-0.05, 0) is 60.2 Å². The summed E-state index contributed by atoms with van der Waals surface area (Å²) in [6.45, 7) is 7.14. The Hall–Kier alpha value is -2.14. The van der Waals surface area contributed by atoms with Crippen molar-refractivity contribution in [2.45, 2.75) is 58.5 Å². The van der Waals surface area contributed by atoms with Crippen LogP contribution in [0.2, 0.25) is 0 Å². The SMILES string of the molecule is Cc1ccccc1C1c2ccsc2CCN1C(=O)CN(C(=O)CC(C)C)C1CC1. The lowest BCUT2D eigenvalue weighted by Crippen LogP contribution is -2.47. The molecule has 1 unspecified atom stereocenters. The van der Waals surface area contributed by atoms with E-state index < -0.39 is 0 Å². The van der Waals surface area contributed by atoms with Crippen molar-refractivity contribution in [3.05, 3.63) is 57.3 Å².